The maximum Gasteiger partial charge on any atom is 0.305 e. The van der Waals surface area contributed by atoms with Gasteiger partial charge >= 0.3 is 11.9 Å². The van der Waals surface area contributed by atoms with Crippen LogP contribution >= 0.6 is 0 Å². The quantitative estimate of drug-likeness (QED) is 0.0671. The van der Waals surface area contributed by atoms with Gasteiger partial charge in [-0.1, -0.05) is 77.0 Å². The van der Waals surface area contributed by atoms with Gasteiger partial charge in [0.1, 0.15) is 13.2 Å². The van der Waals surface area contributed by atoms with Crippen LogP contribution in [0.15, 0.2) is 0 Å². The Kier molecular flexibility index (Phi) is 29.3. The number of hydrogen-bond acceptors (Lipinski definition) is 8. The Labute approximate surface area is 267 Å². The first kappa shape index (κ1) is 41.8. The minimum absolute atomic E-state index is 0.0209. The van der Waals surface area contributed by atoms with E-state index in [1.54, 1.807) is 23.9 Å². The Bertz CT molecular complexity index is 674. The number of amides is 2. The molecule has 258 valence electrons. The lowest BCUT2D eigenvalue weighted by atomic mass is 10.1. The Balaban J connectivity index is 3.54. The van der Waals surface area contributed by atoms with Crippen LogP contribution in [0.25, 0.3) is 0 Å². The Morgan fingerprint density at radius 2 is 0.750 bits per heavy atom. The van der Waals surface area contributed by atoms with Crippen molar-refractivity contribution in [3.05, 3.63) is 0 Å². The SMILES string of the molecule is CCOC(=O)CCCCCCCCCCN(C)C(=O)COCCOCC(=O)N(C)CCCCCCCCCCC(=O)OCC. The number of carbonyl (C=O) groups is 4. The molecule has 0 radical (unpaired) electrons. The van der Waals surface area contributed by atoms with Crippen molar-refractivity contribution in [3.8, 4) is 0 Å². The van der Waals surface area contributed by atoms with E-state index in [0.717, 1.165) is 90.1 Å². The summed E-state index contributed by atoms with van der Waals surface area (Å²) in [6, 6.07) is 0. The average Bonchev–Trinajstić information content (AvgIpc) is 3.00. The summed E-state index contributed by atoms with van der Waals surface area (Å²) in [4.78, 5) is 50.5. The van der Waals surface area contributed by atoms with Crippen molar-refractivity contribution in [2.24, 2.45) is 0 Å². The zero-order valence-electron chi connectivity index (χ0n) is 28.5. The van der Waals surface area contributed by atoms with Gasteiger partial charge in [0.15, 0.2) is 0 Å². The third-order valence-electron chi connectivity index (χ3n) is 7.53. The minimum Gasteiger partial charge on any atom is -0.466 e. The summed E-state index contributed by atoms with van der Waals surface area (Å²) >= 11 is 0. The fourth-order valence-electron chi connectivity index (χ4n) is 4.73. The molecule has 0 aliphatic rings. The molecule has 0 rings (SSSR count). The van der Waals surface area contributed by atoms with Crippen molar-refractivity contribution in [1.29, 1.82) is 0 Å². The maximum absolute atomic E-state index is 12.2. The van der Waals surface area contributed by atoms with E-state index in [0.29, 0.717) is 26.1 Å². The van der Waals surface area contributed by atoms with Crippen LogP contribution in [-0.2, 0) is 38.1 Å². The van der Waals surface area contributed by atoms with E-state index in [-0.39, 0.29) is 50.2 Å². The first-order valence-corrected chi connectivity index (χ1v) is 17.3. The molecule has 0 heterocycles. The molecule has 2 amide bonds. The number of hydrogen-bond donors (Lipinski definition) is 0. The van der Waals surface area contributed by atoms with Crippen molar-refractivity contribution >= 4 is 23.8 Å². The van der Waals surface area contributed by atoms with Crippen LogP contribution in [0, 0.1) is 0 Å². The van der Waals surface area contributed by atoms with E-state index in [9.17, 15) is 19.2 Å². The summed E-state index contributed by atoms with van der Waals surface area (Å²) < 4.78 is 20.8. The monoisotopic (exact) mass is 628 g/mol. The van der Waals surface area contributed by atoms with E-state index in [1.807, 2.05) is 13.8 Å². The molecule has 10 heteroatoms. The first-order valence-electron chi connectivity index (χ1n) is 17.3. The van der Waals surface area contributed by atoms with Crippen LogP contribution in [0.4, 0.5) is 0 Å². The first-order chi connectivity index (χ1) is 21.3. The number of carbonyl (C=O) groups excluding carboxylic acids is 4. The molecule has 0 N–H and O–H groups in total. The van der Waals surface area contributed by atoms with Crippen molar-refractivity contribution < 1.29 is 38.1 Å². The fourth-order valence-corrected chi connectivity index (χ4v) is 4.73. The smallest absolute Gasteiger partial charge is 0.305 e. The molecule has 0 bridgehead atoms. The molecule has 0 aromatic carbocycles. The zero-order valence-corrected chi connectivity index (χ0v) is 28.5. The third kappa shape index (κ3) is 27.4. The van der Waals surface area contributed by atoms with Gasteiger partial charge in [0.25, 0.3) is 0 Å². The molecule has 0 aromatic heterocycles. The van der Waals surface area contributed by atoms with Crippen molar-refractivity contribution in [2.45, 2.75) is 129 Å². The molecule has 44 heavy (non-hydrogen) atoms. The Morgan fingerprint density at radius 1 is 0.455 bits per heavy atom. The summed E-state index contributed by atoms with van der Waals surface area (Å²) in [5.74, 6) is -0.280. The number of ether oxygens (including phenoxy) is 4. The second-order valence-corrected chi connectivity index (χ2v) is 11.5. The molecule has 0 atom stereocenters. The molecule has 0 saturated heterocycles. The lowest BCUT2D eigenvalue weighted by Crippen LogP contribution is -2.32. The summed E-state index contributed by atoms with van der Waals surface area (Å²) in [7, 11) is 3.61. The van der Waals surface area contributed by atoms with Gasteiger partial charge in [-0.2, -0.15) is 0 Å². The summed E-state index contributed by atoms with van der Waals surface area (Å²) in [6.07, 6.45) is 18.5. The number of unbranched alkanes of at least 4 members (excludes halogenated alkanes) is 14. The topological polar surface area (TPSA) is 112 Å². The number of nitrogens with zero attached hydrogens (tertiary/aromatic N) is 2. The molecule has 0 aliphatic carbocycles. The lowest BCUT2D eigenvalue weighted by Gasteiger charge is -2.18. The molecule has 0 aliphatic heterocycles. The van der Waals surface area contributed by atoms with Gasteiger partial charge in [0.2, 0.25) is 11.8 Å². The second kappa shape index (κ2) is 30.8. The summed E-state index contributed by atoms with van der Waals surface area (Å²) in [5.41, 5.74) is 0. The highest BCUT2D eigenvalue weighted by Crippen LogP contribution is 2.12. The molecule has 0 spiro atoms. The van der Waals surface area contributed by atoms with Crippen LogP contribution in [0.5, 0.6) is 0 Å². The highest BCUT2D eigenvalue weighted by atomic mass is 16.5. The van der Waals surface area contributed by atoms with Crippen molar-refractivity contribution in [2.75, 3.05) is 66.8 Å². The van der Waals surface area contributed by atoms with Crippen molar-refractivity contribution in [3.63, 3.8) is 0 Å². The standard InChI is InChI=1S/C34H64N2O8/c1-5-43-33(39)23-19-15-11-7-9-13-17-21-25-35(3)31(37)29-41-27-28-42-30-32(38)36(4)26-22-18-14-10-8-12-16-20-24-34(40)44-6-2/h5-30H2,1-4H3. The maximum atomic E-state index is 12.2. The van der Waals surface area contributed by atoms with E-state index in [4.69, 9.17) is 18.9 Å². The van der Waals surface area contributed by atoms with Crippen molar-refractivity contribution in [1.82, 2.24) is 9.80 Å². The lowest BCUT2D eigenvalue weighted by molar-refractivity contribution is -0.144. The molecular formula is C34H64N2O8. The number of likely N-dealkylation sites (N-methyl/N-ethyl adjacent to an activating group) is 2. The van der Waals surface area contributed by atoms with E-state index >= 15 is 0 Å². The summed E-state index contributed by atoms with van der Waals surface area (Å²) in [5, 5.41) is 0. The van der Waals surface area contributed by atoms with Gasteiger partial charge < -0.3 is 28.7 Å². The number of esters is 2. The van der Waals surface area contributed by atoms with Gasteiger partial charge in [-0.05, 0) is 39.5 Å². The Hall–Kier alpha value is -2.20. The highest BCUT2D eigenvalue weighted by molar-refractivity contribution is 5.77. The van der Waals surface area contributed by atoms with Crippen LogP contribution in [0.1, 0.15) is 129 Å². The van der Waals surface area contributed by atoms with E-state index in [2.05, 4.69) is 0 Å². The van der Waals surface area contributed by atoms with Crippen LogP contribution in [0.3, 0.4) is 0 Å². The molecular weight excluding hydrogens is 564 g/mol. The van der Waals surface area contributed by atoms with Crippen LogP contribution in [0.2, 0.25) is 0 Å². The molecule has 0 fully saturated rings. The average molecular weight is 629 g/mol. The van der Waals surface area contributed by atoms with Gasteiger partial charge in [0.05, 0.1) is 26.4 Å². The predicted octanol–water partition coefficient (Wildman–Crippen LogP) is 6.08. The fraction of sp³-hybridized carbons (Fsp3) is 0.882. The van der Waals surface area contributed by atoms with Crippen LogP contribution < -0.4 is 0 Å². The normalized spacial score (nSPS) is 10.9. The zero-order chi connectivity index (χ0) is 32.7. The van der Waals surface area contributed by atoms with Gasteiger partial charge in [-0.15, -0.1) is 0 Å². The van der Waals surface area contributed by atoms with Gasteiger partial charge in [-0.25, -0.2) is 0 Å². The van der Waals surface area contributed by atoms with E-state index in [1.165, 1.54) is 25.7 Å². The predicted molar refractivity (Wildman–Crippen MR) is 173 cm³/mol. The molecule has 0 unspecified atom stereocenters. The molecule has 0 aromatic rings. The van der Waals surface area contributed by atoms with Gasteiger partial charge in [0, 0.05) is 40.0 Å². The number of rotatable bonds is 31. The highest BCUT2D eigenvalue weighted by Gasteiger charge is 2.10. The van der Waals surface area contributed by atoms with E-state index < -0.39 is 0 Å². The van der Waals surface area contributed by atoms with Gasteiger partial charge in [-0.3, -0.25) is 19.2 Å². The Morgan fingerprint density at radius 3 is 1.07 bits per heavy atom. The largest absolute Gasteiger partial charge is 0.466 e. The van der Waals surface area contributed by atoms with Crippen LogP contribution in [-0.4, -0.2) is 100 Å². The summed E-state index contributed by atoms with van der Waals surface area (Å²) in [6.45, 7) is 6.61. The second-order valence-electron chi connectivity index (χ2n) is 11.5. The minimum atomic E-state index is -0.0949. The molecule has 10 nitrogen and oxygen atoms in total. The third-order valence-corrected chi connectivity index (χ3v) is 7.53. The molecule has 0 saturated carbocycles.